The van der Waals surface area contributed by atoms with Crippen LogP contribution < -0.4 is 19.6 Å². The Labute approximate surface area is 855 Å². The van der Waals surface area contributed by atoms with Crippen molar-refractivity contribution in [2.45, 2.75) is 102 Å². The number of halogens is 8. The molecule has 0 radical (unpaired) electrons. The van der Waals surface area contributed by atoms with E-state index in [4.69, 9.17) is 86.3 Å². The lowest BCUT2D eigenvalue weighted by molar-refractivity contribution is 0.526. The largest absolute Gasteiger partial charge is 0.320 e. The minimum atomic E-state index is -0.933. The van der Waals surface area contributed by atoms with Crippen molar-refractivity contribution in [3.63, 3.8) is 0 Å². The summed E-state index contributed by atoms with van der Waals surface area (Å²) in [5.74, 6) is 2.78. The van der Waals surface area contributed by atoms with Crippen molar-refractivity contribution in [2.24, 2.45) is 39.9 Å². The fourth-order valence-corrected chi connectivity index (χ4v) is 20.3. The topological polar surface area (TPSA) is 112 Å². The van der Waals surface area contributed by atoms with E-state index in [9.17, 15) is 8.78 Å². The zero-order chi connectivity index (χ0) is 97.7. The molecule has 0 N–H and O–H groups in total. The van der Waals surface area contributed by atoms with Crippen LogP contribution in [0.5, 0.6) is 0 Å². The summed E-state index contributed by atoms with van der Waals surface area (Å²) in [6.45, 7) is 17.0. The first kappa shape index (κ1) is 97.7. The van der Waals surface area contributed by atoms with E-state index in [0.29, 0.717) is 25.9 Å². The van der Waals surface area contributed by atoms with Crippen LogP contribution in [0.4, 0.5) is 54.3 Å². The molecule has 0 aliphatic carbocycles. The molecule has 0 bridgehead atoms. The third-order valence-electron chi connectivity index (χ3n) is 26.1. The Morgan fingerprint density at radius 3 is 0.736 bits per heavy atom. The Bertz CT molecular complexity index is 7220. The van der Waals surface area contributed by atoms with Crippen LogP contribution >= 0.6 is 78.3 Å². The van der Waals surface area contributed by atoms with E-state index in [2.05, 4.69) is 258 Å². The molecule has 0 saturated carbocycles. The first-order valence-corrected chi connectivity index (χ1v) is 49.3. The van der Waals surface area contributed by atoms with Gasteiger partial charge in [-0.05, 0) is 296 Å². The van der Waals surface area contributed by atoms with Gasteiger partial charge >= 0.3 is 0 Å². The van der Waals surface area contributed by atoms with Crippen molar-refractivity contribution >= 4 is 170 Å². The van der Waals surface area contributed by atoms with Gasteiger partial charge in [-0.25, -0.2) is 28.8 Å². The van der Waals surface area contributed by atoms with Crippen LogP contribution in [-0.4, -0.2) is 70.4 Å². The minimum absolute atomic E-state index is 0.0185. The van der Waals surface area contributed by atoms with E-state index >= 15 is 0 Å². The number of hydrogen-bond donors (Lipinski definition) is 0. The van der Waals surface area contributed by atoms with Gasteiger partial charge in [-0.15, -0.1) is 0 Å². The summed E-state index contributed by atoms with van der Waals surface area (Å²) in [5, 5.41) is 2.77. The fraction of sp³-hybridized carbons (Fsp3) is 0.133. The summed E-state index contributed by atoms with van der Waals surface area (Å²) in [5.41, 5.74) is 16.2. The molecule has 140 heavy (non-hydrogen) atoms. The number of amidine groups is 4. The van der Waals surface area contributed by atoms with Gasteiger partial charge in [0, 0.05) is 96.9 Å². The van der Waals surface area contributed by atoms with Crippen LogP contribution in [0.3, 0.4) is 0 Å². The average molecular weight is 2050 g/mol. The van der Waals surface area contributed by atoms with Crippen molar-refractivity contribution < 1.29 is 8.78 Å². The van der Waals surface area contributed by atoms with Crippen LogP contribution in [0.2, 0.25) is 20.1 Å². The molecule has 8 unspecified atom stereocenters. The first-order chi connectivity index (χ1) is 67.9. The molecule has 16 aromatic rings. The lowest BCUT2D eigenvalue weighted by Gasteiger charge is -2.36. The molecule has 696 valence electrons. The molecule has 0 fully saturated rings. The summed E-state index contributed by atoms with van der Waals surface area (Å²) in [6.07, 6.45) is 0. The number of benzene rings is 16. The number of para-hydroxylation sites is 4. The molecular weight excluding hydrogens is 1950 g/mol. The second-order valence-corrected chi connectivity index (χ2v) is 38.1. The Hall–Kier alpha value is -13.9. The van der Waals surface area contributed by atoms with Crippen LogP contribution in [0.25, 0.3) is 0 Å². The quantitative estimate of drug-likeness (QED) is 0.0708. The van der Waals surface area contributed by atoms with E-state index in [-0.39, 0.29) is 35.8 Å². The van der Waals surface area contributed by atoms with Crippen LogP contribution in [-0.2, 0) is 22.2 Å². The predicted octanol–water partition coefficient (Wildman–Crippen LogP) is 32.5. The molecule has 16 aromatic carbocycles. The minimum Gasteiger partial charge on any atom is -0.320 e. The lowest BCUT2D eigenvalue weighted by Crippen LogP contribution is -2.47. The smallest absolute Gasteiger partial charge is 0.146 e. The van der Waals surface area contributed by atoms with Crippen molar-refractivity contribution in [3.8, 4) is 0 Å². The molecule has 20 heteroatoms. The maximum absolute atomic E-state index is 14.0. The van der Waals surface area contributed by atoms with Gasteiger partial charge in [0.1, 0.15) is 57.1 Å². The van der Waals surface area contributed by atoms with E-state index in [0.717, 1.165) is 139 Å². The van der Waals surface area contributed by atoms with E-state index in [1.807, 2.05) is 237 Å². The summed E-state index contributed by atoms with van der Waals surface area (Å²) in [6, 6.07) is 142. The van der Waals surface area contributed by atoms with E-state index < -0.39 is 22.2 Å². The van der Waals surface area contributed by atoms with Gasteiger partial charge in [0.05, 0.1) is 46.9 Å². The molecule has 0 spiro atoms. The van der Waals surface area contributed by atoms with E-state index in [1.165, 1.54) is 24.3 Å². The maximum atomic E-state index is 14.0. The highest BCUT2D eigenvalue weighted by molar-refractivity contribution is 9.10. The van der Waals surface area contributed by atoms with Gasteiger partial charge in [-0.3, -0.25) is 20.0 Å². The standard InChI is InChI=1S/C30H23Br2F2N3.2C30H25Cl2N3.C30H27N3/c1-19(35-27-15-7-23(31)8-16-27)30(22-5-13-26(34)14-6-22)20(2)37(28-17-9-24(32)10-18-28)29(36-30)21-3-11-25(33)12-4-21;1-21(33-27-9-5-3-6-10-27)30(24-15-19-26(32)20-16-24)22(2)35(28-11-7-4-8-12-28)29(34-30)23-13-17-25(31)18-14-23;1-21(33-27-17-13-25(31)14-18-27)30(24-11-7-4-8-12-24)22(2)35(28-19-15-26(32)16-20-28)29(34-30)23-9-5-3-6-10-23;1-23(31-27-19-11-5-12-20-27)30(26-17-9-4-10-18-26)24(2)33(28-21-13-6-14-22-28)29(32-30)25-15-7-3-8-16-25/h3-18,20H,1-2H3;2*3-20,22H,1-2H3;3-22,24H,1-2H3. The normalized spacial score (nSPS) is 20.1. The Kier molecular flexibility index (Phi) is 30.4. The molecule has 4 heterocycles. The Balaban J connectivity index is 0.000000129. The summed E-state index contributed by atoms with van der Waals surface area (Å²) in [7, 11) is 0. The average Bonchev–Trinajstić information content (AvgIpc) is 1.59. The van der Waals surface area contributed by atoms with E-state index in [1.54, 1.807) is 24.3 Å². The third kappa shape index (κ3) is 20.6. The Morgan fingerprint density at radius 1 is 0.236 bits per heavy atom. The third-order valence-corrected chi connectivity index (χ3v) is 28.2. The molecule has 4 aliphatic heterocycles. The molecule has 12 nitrogen and oxygen atoms in total. The van der Waals surface area contributed by atoms with Crippen molar-refractivity contribution in [1.29, 1.82) is 0 Å². The van der Waals surface area contributed by atoms with Crippen molar-refractivity contribution in [1.82, 2.24) is 0 Å². The SMILES string of the molecule is CC(=Nc1ccc(Br)cc1)C1(c2ccc(F)cc2)N=C(c2ccc(F)cc2)N(c2ccc(Br)cc2)C1C.CC(=Nc1ccc(Cl)cc1)C1(c2ccccc2)N=C(c2ccccc2)N(c2ccc(Cl)cc2)C1C.CC(=Nc1ccccc1)C1(c2ccc(Cl)cc2)N=C(c2ccc(Cl)cc2)N(c2ccccc2)C1C.CC(=Nc1ccccc1)C1(c2ccccc2)N=C(c2ccccc2)N(c2ccccc2)C1C. The van der Waals surface area contributed by atoms with Gasteiger partial charge in [0.2, 0.25) is 0 Å². The van der Waals surface area contributed by atoms with Crippen LogP contribution in [0.1, 0.15) is 99.9 Å². The van der Waals surface area contributed by atoms with Crippen LogP contribution in [0.15, 0.2) is 486 Å². The first-order valence-electron chi connectivity index (χ1n) is 46.2. The molecular formula is C120H100Br2Cl4F2N12. The number of aliphatic imine (C=N–C) groups is 8. The molecule has 8 atom stereocenters. The highest BCUT2D eigenvalue weighted by atomic mass is 79.9. The monoisotopic (exact) mass is 2040 g/mol. The lowest BCUT2D eigenvalue weighted by atomic mass is 9.80. The fourth-order valence-electron chi connectivity index (χ4n) is 19.2. The van der Waals surface area contributed by atoms with Gasteiger partial charge in [-0.2, -0.15) is 0 Å². The van der Waals surface area contributed by atoms with Crippen molar-refractivity contribution in [3.05, 3.63) is 522 Å². The van der Waals surface area contributed by atoms with Gasteiger partial charge in [0.25, 0.3) is 0 Å². The molecule has 4 aliphatic rings. The second kappa shape index (κ2) is 43.6. The molecule has 20 rings (SSSR count). The van der Waals surface area contributed by atoms with Gasteiger partial charge in [0.15, 0.2) is 0 Å². The van der Waals surface area contributed by atoms with Crippen molar-refractivity contribution in [2.75, 3.05) is 19.6 Å². The molecule has 0 aromatic heterocycles. The van der Waals surface area contributed by atoms with Gasteiger partial charge in [-0.1, -0.05) is 297 Å². The van der Waals surface area contributed by atoms with Gasteiger partial charge < -0.3 is 19.6 Å². The number of nitrogens with zero attached hydrogens (tertiary/aromatic N) is 12. The molecule has 0 saturated heterocycles. The number of hydrogen-bond acceptors (Lipinski definition) is 12. The highest BCUT2D eigenvalue weighted by Gasteiger charge is 2.55. The summed E-state index contributed by atoms with van der Waals surface area (Å²) in [4.78, 5) is 51.1. The highest BCUT2D eigenvalue weighted by Crippen LogP contribution is 2.50. The summed E-state index contributed by atoms with van der Waals surface area (Å²) < 4.78 is 29.8. The zero-order valence-corrected chi connectivity index (χ0v) is 84.5. The summed E-state index contributed by atoms with van der Waals surface area (Å²) >= 11 is 31.9. The maximum Gasteiger partial charge on any atom is 0.146 e. The Morgan fingerprint density at radius 2 is 0.429 bits per heavy atom. The zero-order valence-electron chi connectivity index (χ0n) is 78.3. The predicted molar refractivity (Wildman–Crippen MR) is 590 cm³/mol. The second-order valence-electron chi connectivity index (χ2n) is 34.5. The number of rotatable bonds is 20. The number of anilines is 4. The van der Waals surface area contributed by atoms with Crippen LogP contribution in [0, 0.1) is 11.6 Å². The molecule has 0 amide bonds.